The summed E-state index contributed by atoms with van der Waals surface area (Å²) >= 11 is 11.8. The molecule has 0 saturated heterocycles. The molecule has 1 rings (SSSR count). The molecule has 0 aromatic heterocycles. The van der Waals surface area contributed by atoms with Gasteiger partial charge in [-0.15, -0.1) is 0 Å². The number of aliphatic hydroxyl groups is 1. The van der Waals surface area contributed by atoms with Gasteiger partial charge >= 0.3 is 0 Å². The third kappa shape index (κ3) is 4.53. The molecule has 17 heavy (non-hydrogen) atoms. The lowest BCUT2D eigenvalue weighted by molar-refractivity contribution is 0.128. The number of halogens is 2. The Hall–Kier alpha value is -0.790. The lowest BCUT2D eigenvalue weighted by Crippen LogP contribution is -2.25. The molecular formula is C12H14Cl2N2O. The summed E-state index contributed by atoms with van der Waals surface area (Å²) in [7, 11) is 1.85. The van der Waals surface area contributed by atoms with Crippen molar-refractivity contribution in [1.82, 2.24) is 4.90 Å². The monoisotopic (exact) mass is 272 g/mol. The van der Waals surface area contributed by atoms with Crippen molar-refractivity contribution in [1.29, 1.82) is 5.26 Å². The highest BCUT2D eigenvalue weighted by Gasteiger charge is 2.13. The maximum atomic E-state index is 10.0. The van der Waals surface area contributed by atoms with Gasteiger partial charge in [-0.25, -0.2) is 0 Å². The lowest BCUT2D eigenvalue weighted by atomic mass is 10.1. The predicted octanol–water partition coefficient (Wildman–Crippen LogP) is 2.87. The zero-order valence-corrected chi connectivity index (χ0v) is 11.0. The average molecular weight is 273 g/mol. The minimum atomic E-state index is -0.677. The third-order valence-electron chi connectivity index (χ3n) is 2.41. The van der Waals surface area contributed by atoms with E-state index in [0.717, 1.165) is 0 Å². The first-order valence-corrected chi connectivity index (χ1v) is 5.98. The molecule has 0 spiro atoms. The van der Waals surface area contributed by atoms with Crippen LogP contribution in [0.25, 0.3) is 0 Å². The maximum absolute atomic E-state index is 10.0. The Labute approximate surface area is 111 Å². The lowest BCUT2D eigenvalue weighted by Gasteiger charge is -2.20. The Kier molecular flexibility index (Phi) is 5.73. The van der Waals surface area contributed by atoms with Gasteiger partial charge in [0.25, 0.3) is 0 Å². The molecule has 0 fully saturated rings. The van der Waals surface area contributed by atoms with Gasteiger partial charge < -0.3 is 10.0 Å². The van der Waals surface area contributed by atoms with Crippen LogP contribution in [-0.4, -0.2) is 30.1 Å². The number of aliphatic hydroxyl groups excluding tert-OH is 1. The van der Waals surface area contributed by atoms with Crippen LogP contribution in [-0.2, 0) is 0 Å². The second-order valence-corrected chi connectivity index (χ2v) is 4.70. The molecule has 0 aliphatic carbocycles. The van der Waals surface area contributed by atoms with Gasteiger partial charge in [-0.1, -0.05) is 29.3 Å². The molecule has 1 unspecified atom stereocenters. The normalized spacial score (nSPS) is 12.5. The molecular weight excluding hydrogens is 259 g/mol. The van der Waals surface area contributed by atoms with E-state index in [0.29, 0.717) is 35.1 Å². The number of hydrogen-bond acceptors (Lipinski definition) is 3. The van der Waals surface area contributed by atoms with E-state index in [2.05, 4.69) is 6.07 Å². The third-order valence-corrected chi connectivity index (χ3v) is 2.97. The minimum Gasteiger partial charge on any atom is -0.387 e. The summed E-state index contributed by atoms with van der Waals surface area (Å²) in [6, 6.07) is 7.08. The summed E-state index contributed by atoms with van der Waals surface area (Å²) in [6.45, 7) is 1.06. The molecule has 0 aliphatic rings. The van der Waals surface area contributed by atoms with Crippen molar-refractivity contribution in [2.45, 2.75) is 12.5 Å². The first-order valence-electron chi connectivity index (χ1n) is 5.23. The van der Waals surface area contributed by atoms with Crippen molar-refractivity contribution >= 4 is 23.2 Å². The van der Waals surface area contributed by atoms with Gasteiger partial charge in [-0.3, -0.25) is 0 Å². The number of hydrogen-bond donors (Lipinski definition) is 1. The molecule has 1 atom stereocenters. The van der Waals surface area contributed by atoms with Crippen molar-refractivity contribution in [3.05, 3.63) is 33.8 Å². The number of nitrogens with zero attached hydrogens (tertiary/aromatic N) is 2. The SMILES string of the molecule is CN(CCC#N)CC(O)c1ccc(Cl)cc1Cl. The van der Waals surface area contributed by atoms with Crippen LogP contribution >= 0.6 is 23.2 Å². The van der Waals surface area contributed by atoms with Gasteiger partial charge in [0.1, 0.15) is 0 Å². The van der Waals surface area contributed by atoms with Gasteiger partial charge in [0.15, 0.2) is 0 Å². The smallest absolute Gasteiger partial charge is 0.0931 e. The van der Waals surface area contributed by atoms with E-state index >= 15 is 0 Å². The first-order chi connectivity index (χ1) is 8.04. The summed E-state index contributed by atoms with van der Waals surface area (Å²) in [5.41, 5.74) is 0.653. The Bertz CT molecular complexity index is 417. The summed E-state index contributed by atoms with van der Waals surface area (Å²) < 4.78 is 0. The van der Waals surface area contributed by atoms with E-state index < -0.39 is 6.10 Å². The molecule has 0 radical (unpaired) electrons. The quantitative estimate of drug-likeness (QED) is 0.897. The topological polar surface area (TPSA) is 47.3 Å². The number of benzene rings is 1. The average Bonchev–Trinajstić information content (AvgIpc) is 2.26. The Balaban J connectivity index is 2.63. The molecule has 5 heteroatoms. The second-order valence-electron chi connectivity index (χ2n) is 3.85. The molecule has 0 heterocycles. The molecule has 0 bridgehead atoms. The fraction of sp³-hybridized carbons (Fsp3) is 0.417. The summed E-state index contributed by atoms with van der Waals surface area (Å²) in [6.07, 6.45) is -0.235. The fourth-order valence-corrected chi connectivity index (χ4v) is 2.03. The van der Waals surface area contributed by atoms with E-state index in [1.165, 1.54) is 0 Å². The Morgan fingerprint density at radius 1 is 1.47 bits per heavy atom. The van der Waals surface area contributed by atoms with Crippen LogP contribution in [0.4, 0.5) is 0 Å². The summed E-state index contributed by atoms with van der Waals surface area (Å²) in [5.74, 6) is 0. The van der Waals surface area contributed by atoms with Crippen LogP contribution < -0.4 is 0 Å². The van der Waals surface area contributed by atoms with Gasteiger partial charge in [0, 0.05) is 35.1 Å². The fourth-order valence-electron chi connectivity index (χ4n) is 1.50. The van der Waals surface area contributed by atoms with E-state index in [9.17, 15) is 5.11 Å². The highest BCUT2D eigenvalue weighted by Crippen LogP contribution is 2.26. The second kappa shape index (κ2) is 6.83. The molecule has 3 nitrogen and oxygen atoms in total. The summed E-state index contributed by atoms with van der Waals surface area (Å²) in [4.78, 5) is 1.89. The van der Waals surface area contributed by atoms with E-state index in [-0.39, 0.29) is 0 Å². The molecule has 92 valence electrons. The van der Waals surface area contributed by atoms with E-state index in [4.69, 9.17) is 28.5 Å². The molecule has 0 aliphatic heterocycles. The zero-order chi connectivity index (χ0) is 12.8. The highest BCUT2D eigenvalue weighted by molar-refractivity contribution is 6.35. The minimum absolute atomic E-state index is 0.434. The largest absolute Gasteiger partial charge is 0.387 e. The Morgan fingerprint density at radius 2 is 2.18 bits per heavy atom. The maximum Gasteiger partial charge on any atom is 0.0931 e. The van der Waals surface area contributed by atoms with Crippen LogP contribution in [0.2, 0.25) is 10.0 Å². The number of nitriles is 1. The molecule has 0 amide bonds. The van der Waals surface area contributed by atoms with Crippen LogP contribution in [0, 0.1) is 11.3 Å². The van der Waals surface area contributed by atoms with Gasteiger partial charge in [0.2, 0.25) is 0 Å². The molecule has 0 saturated carbocycles. The van der Waals surface area contributed by atoms with Crippen molar-refractivity contribution in [2.24, 2.45) is 0 Å². The van der Waals surface area contributed by atoms with E-state index in [1.807, 2.05) is 11.9 Å². The molecule has 1 aromatic rings. The van der Waals surface area contributed by atoms with E-state index in [1.54, 1.807) is 18.2 Å². The number of rotatable bonds is 5. The van der Waals surface area contributed by atoms with Crippen molar-refractivity contribution in [3.63, 3.8) is 0 Å². The van der Waals surface area contributed by atoms with Crippen molar-refractivity contribution < 1.29 is 5.11 Å². The van der Waals surface area contributed by atoms with Crippen molar-refractivity contribution in [2.75, 3.05) is 20.1 Å². The number of likely N-dealkylation sites (N-methyl/N-ethyl adjacent to an activating group) is 1. The summed E-state index contributed by atoms with van der Waals surface area (Å²) in [5, 5.41) is 19.5. The molecule has 1 aromatic carbocycles. The highest BCUT2D eigenvalue weighted by atomic mass is 35.5. The zero-order valence-electron chi connectivity index (χ0n) is 9.53. The van der Waals surface area contributed by atoms with Gasteiger partial charge in [-0.05, 0) is 19.2 Å². The van der Waals surface area contributed by atoms with Gasteiger partial charge in [-0.2, -0.15) is 5.26 Å². The van der Waals surface area contributed by atoms with Crippen LogP contribution in [0.15, 0.2) is 18.2 Å². The van der Waals surface area contributed by atoms with Crippen LogP contribution in [0.5, 0.6) is 0 Å². The Morgan fingerprint density at radius 3 is 2.76 bits per heavy atom. The first kappa shape index (κ1) is 14.3. The van der Waals surface area contributed by atoms with Crippen LogP contribution in [0.1, 0.15) is 18.1 Å². The predicted molar refractivity (Wildman–Crippen MR) is 69.1 cm³/mol. The van der Waals surface area contributed by atoms with Crippen molar-refractivity contribution in [3.8, 4) is 6.07 Å². The van der Waals surface area contributed by atoms with Crippen LogP contribution in [0.3, 0.4) is 0 Å². The standard InChI is InChI=1S/C12H14Cl2N2O/c1-16(6-2-5-15)8-12(17)10-4-3-9(13)7-11(10)14/h3-4,7,12,17H,2,6,8H2,1H3. The molecule has 1 N–H and O–H groups in total. The van der Waals surface area contributed by atoms with Gasteiger partial charge in [0.05, 0.1) is 12.2 Å².